The number of hydrogen-bond donors (Lipinski definition) is 1. The molecular weight excluding hydrogens is 266 g/mol. The van der Waals surface area contributed by atoms with E-state index in [1.165, 1.54) is 23.5 Å². The van der Waals surface area contributed by atoms with Gasteiger partial charge >= 0.3 is 0 Å². The van der Waals surface area contributed by atoms with Crippen LogP contribution in [0.3, 0.4) is 0 Å². The first-order valence-corrected chi connectivity index (χ1v) is 6.18. The maximum Gasteiger partial charge on any atom is 0.129 e. The van der Waals surface area contributed by atoms with E-state index in [2.05, 4.69) is 0 Å². The predicted molar refractivity (Wildman–Crippen MR) is 64.4 cm³/mol. The molecule has 0 aliphatic carbocycles. The average Bonchev–Trinajstić information content (AvgIpc) is 2.68. The van der Waals surface area contributed by atoms with Gasteiger partial charge in [0.1, 0.15) is 11.6 Å². The van der Waals surface area contributed by atoms with Crippen molar-refractivity contribution in [2.45, 2.75) is 12.5 Å². The standard InChI is InChI=1S/C12H9ClF2OS/c13-9-3-4-17-12(9)11(16)5-7-1-2-8(14)6-10(7)15/h1-4,6,11,16H,5H2. The summed E-state index contributed by atoms with van der Waals surface area (Å²) >= 11 is 7.17. The van der Waals surface area contributed by atoms with Gasteiger partial charge in [-0.15, -0.1) is 11.3 Å². The fraction of sp³-hybridized carbons (Fsp3) is 0.167. The maximum absolute atomic E-state index is 13.4. The van der Waals surface area contributed by atoms with Crippen LogP contribution in [0.4, 0.5) is 8.78 Å². The van der Waals surface area contributed by atoms with E-state index in [4.69, 9.17) is 11.6 Å². The third-order valence-corrected chi connectivity index (χ3v) is 3.84. The van der Waals surface area contributed by atoms with Gasteiger partial charge < -0.3 is 5.11 Å². The highest BCUT2D eigenvalue weighted by atomic mass is 35.5. The van der Waals surface area contributed by atoms with E-state index in [1.807, 2.05) is 0 Å². The summed E-state index contributed by atoms with van der Waals surface area (Å²) in [7, 11) is 0. The molecule has 5 heteroatoms. The Hall–Kier alpha value is -0.970. The molecule has 1 heterocycles. The first kappa shape index (κ1) is 12.5. The molecule has 1 N–H and O–H groups in total. The van der Waals surface area contributed by atoms with Gasteiger partial charge in [-0.05, 0) is 23.1 Å². The number of halogens is 3. The summed E-state index contributed by atoms with van der Waals surface area (Å²) in [6.07, 6.45) is -0.797. The van der Waals surface area contributed by atoms with Crippen LogP contribution in [0, 0.1) is 11.6 Å². The molecule has 0 fully saturated rings. The third-order valence-electron chi connectivity index (χ3n) is 2.38. The van der Waals surface area contributed by atoms with Crippen molar-refractivity contribution in [2.75, 3.05) is 0 Å². The van der Waals surface area contributed by atoms with Crippen LogP contribution in [-0.2, 0) is 6.42 Å². The molecule has 0 spiro atoms. The molecule has 90 valence electrons. The van der Waals surface area contributed by atoms with Gasteiger partial charge in [-0.3, -0.25) is 0 Å². The van der Waals surface area contributed by atoms with Gasteiger partial charge in [-0.2, -0.15) is 0 Å². The first-order chi connectivity index (χ1) is 8.08. The van der Waals surface area contributed by atoms with Crippen LogP contribution in [0.1, 0.15) is 16.5 Å². The third kappa shape index (κ3) is 2.83. The van der Waals surface area contributed by atoms with Crippen molar-refractivity contribution in [1.82, 2.24) is 0 Å². The van der Waals surface area contributed by atoms with Crippen LogP contribution in [0.2, 0.25) is 5.02 Å². The molecule has 0 bridgehead atoms. The second-order valence-electron chi connectivity index (χ2n) is 3.59. The number of aliphatic hydroxyl groups excluding tert-OH is 1. The van der Waals surface area contributed by atoms with Crippen LogP contribution in [0.25, 0.3) is 0 Å². The summed E-state index contributed by atoms with van der Waals surface area (Å²) < 4.78 is 26.1. The molecule has 0 amide bonds. The number of rotatable bonds is 3. The molecule has 0 radical (unpaired) electrons. The molecular formula is C12H9ClF2OS. The Kier molecular flexibility index (Phi) is 3.76. The topological polar surface area (TPSA) is 20.2 Å². The van der Waals surface area contributed by atoms with Crippen molar-refractivity contribution in [3.8, 4) is 0 Å². The molecule has 2 rings (SSSR count). The quantitative estimate of drug-likeness (QED) is 0.898. The number of thiophene rings is 1. The summed E-state index contributed by atoms with van der Waals surface area (Å²) in [4.78, 5) is 0.593. The maximum atomic E-state index is 13.4. The highest BCUT2D eigenvalue weighted by Crippen LogP contribution is 2.31. The lowest BCUT2D eigenvalue weighted by molar-refractivity contribution is 0.181. The number of hydrogen-bond acceptors (Lipinski definition) is 2. The Morgan fingerprint density at radius 2 is 2.06 bits per heavy atom. The summed E-state index contributed by atoms with van der Waals surface area (Å²) in [5.41, 5.74) is 0.267. The Labute approximate surface area is 106 Å². The molecule has 17 heavy (non-hydrogen) atoms. The minimum atomic E-state index is -0.873. The molecule has 0 saturated carbocycles. The zero-order valence-corrected chi connectivity index (χ0v) is 10.2. The van der Waals surface area contributed by atoms with Crippen molar-refractivity contribution in [2.24, 2.45) is 0 Å². The fourth-order valence-corrected chi connectivity index (χ4v) is 2.70. The minimum Gasteiger partial charge on any atom is -0.387 e. The Bertz CT molecular complexity index is 527. The second-order valence-corrected chi connectivity index (χ2v) is 4.94. The lowest BCUT2D eigenvalue weighted by Gasteiger charge is -2.10. The molecule has 1 aromatic carbocycles. The van der Waals surface area contributed by atoms with Crippen molar-refractivity contribution in [1.29, 1.82) is 0 Å². The van der Waals surface area contributed by atoms with E-state index < -0.39 is 17.7 Å². The summed E-state index contributed by atoms with van der Waals surface area (Å²) in [5.74, 6) is -1.29. The van der Waals surface area contributed by atoms with Crippen LogP contribution in [0.5, 0.6) is 0 Å². The van der Waals surface area contributed by atoms with Gasteiger partial charge in [0.05, 0.1) is 16.0 Å². The van der Waals surface area contributed by atoms with Gasteiger partial charge in [-0.25, -0.2) is 8.78 Å². The van der Waals surface area contributed by atoms with Crippen molar-refractivity contribution in [3.05, 3.63) is 56.7 Å². The monoisotopic (exact) mass is 274 g/mol. The zero-order valence-electron chi connectivity index (χ0n) is 8.66. The summed E-state index contributed by atoms with van der Waals surface area (Å²) in [6, 6.07) is 4.97. The molecule has 0 aliphatic heterocycles. The van der Waals surface area contributed by atoms with E-state index in [1.54, 1.807) is 11.4 Å². The van der Waals surface area contributed by atoms with Crippen molar-refractivity contribution >= 4 is 22.9 Å². The van der Waals surface area contributed by atoms with Gasteiger partial charge in [0.15, 0.2) is 0 Å². The second kappa shape index (κ2) is 5.12. The van der Waals surface area contributed by atoms with Gasteiger partial charge in [0.25, 0.3) is 0 Å². The Morgan fingerprint density at radius 1 is 1.29 bits per heavy atom. The summed E-state index contributed by atoms with van der Waals surface area (Å²) in [6.45, 7) is 0. The largest absolute Gasteiger partial charge is 0.387 e. The van der Waals surface area contributed by atoms with E-state index in [9.17, 15) is 13.9 Å². The normalized spacial score (nSPS) is 12.7. The predicted octanol–water partition coefficient (Wildman–Crippen LogP) is 3.96. The zero-order chi connectivity index (χ0) is 12.4. The highest BCUT2D eigenvalue weighted by Gasteiger charge is 2.16. The van der Waals surface area contributed by atoms with E-state index in [0.717, 1.165) is 6.07 Å². The lowest BCUT2D eigenvalue weighted by atomic mass is 10.1. The van der Waals surface area contributed by atoms with E-state index >= 15 is 0 Å². The smallest absolute Gasteiger partial charge is 0.129 e. The van der Waals surface area contributed by atoms with Crippen molar-refractivity contribution in [3.63, 3.8) is 0 Å². The molecule has 1 nitrogen and oxygen atoms in total. The molecule has 1 unspecified atom stereocenters. The molecule has 0 aliphatic rings. The molecule has 1 atom stereocenters. The summed E-state index contributed by atoms with van der Waals surface area (Å²) in [5, 5.41) is 12.1. The van der Waals surface area contributed by atoms with Crippen molar-refractivity contribution < 1.29 is 13.9 Å². The van der Waals surface area contributed by atoms with E-state index in [-0.39, 0.29) is 12.0 Å². The molecule has 0 saturated heterocycles. The number of aliphatic hydroxyl groups is 1. The van der Waals surface area contributed by atoms with Gasteiger partial charge in [0, 0.05) is 12.5 Å². The molecule has 1 aromatic heterocycles. The Morgan fingerprint density at radius 3 is 2.65 bits per heavy atom. The molecule has 2 aromatic rings. The Balaban J connectivity index is 2.19. The number of benzene rings is 1. The lowest BCUT2D eigenvalue weighted by Crippen LogP contribution is -2.02. The van der Waals surface area contributed by atoms with Gasteiger partial charge in [-0.1, -0.05) is 17.7 Å². The van der Waals surface area contributed by atoms with Crippen LogP contribution < -0.4 is 0 Å². The fourth-order valence-electron chi connectivity index (χ4n) is 1.53. The van der Waals surface area contributed by atoms with Crippen LogP contribution in [0.15, 0.2) is 29.6 Å². The first-order valence-electron chi connectivity index (χ1n) is 4.93. The van der Waals surface area contributed by atoms with Gasteiger partial charge in [0.2, 0.25) is 0 Å². The SMILES string of the molecule is OC(Cc1ccc(F)cc1F)c1sccc1Cl. The minimum absolute atomic E-state index is 0.0757. The van der Waals surface area contributed by atoms with Crippen LogP contribution >= 0.6 is 22.9 Å². The highest BCUT2D eigenvalue weighted by molar-refractivity contribution is 7.10. The average molecular weight is 275 g/mol. The van der Waals surface area contributed by atoms with E-state index in [0.29, 0.717) is 9.90 Å². The van der Waals surface area contributed by atoms with Crippen LogP contribution in [-0.4, -0.2) is 5.11 Å².